The molecule has 0 atom stereocenters. The van der Waals surface area contributed by atoms with Crippen LogP contribution in [0.2, 0.25) is 0 Å². The van der Waals surface area contributed by atoms with E-state index in [4.69, 9.17) is 0 Å². The third kappa shape index (κ3) is 4.51. The molecule has 2 N–H and O–H groups in total. The molecular weight excluding hydrogens is 382 g/mol. The highest BCUT2D eigenvalue weighted by Gasteiger charge is 2.26. The monoisotopic (exact) mass is 409 g/mol. The number of phenolic OH excluding ortho intramolecular Hbond substituents is 1. The van der Waals surface area contributed by atoms with Crippen LogP contribution in [0.3, 0.4) is 0 Å². The predicted octanol–water partition coefficient (Wildman–Crippen LogP) is 5.79. The van der Waals surface area contributed by atoms with Crippen molar-refractivity contribution in [3.8, 4) is 5.75 Å². The van der Waals surface area contributed by atoms with E-state index in [1.165, 1.54) is 0 Å². The fourth-order valence-electron chi connectivity index (χ4n) is 3.26. The van der Waals surface area contributed by atoms with Gasteiger partial charge in [-0.3, -0.25) is 9.59 Å². The van der Waals surface area contributed by atoms with Gasteiger partial charge in [0.15, 0.2) is 5.78 Å². The van der Waals surface area contributed by atoms with Gasteiger partial charge in [-0.05, 0) is 52.8 Å². The minimum absolute atomic E-state index is 0.129. The summed E-state index contributed by atoms with van der Waals surface area (Å²) in [6.07, 6.45) is 3.33. The molecule has 3 aromatic rings. The second kappa shape index (κ2) is 7.30. The molecular formula is C24H27NO3S. The van der Waals surface area contributed by atoms with Crippen molar-refractivity contribution in [2.24, 2.45) is 0 Å². The van der Waals surface area contributed by atoms with Crippen LogP contribution in [0.4, 0.5) is 0 Å². The highest BCUT2D eigenvalue weighted by atomic mass is 32.1. The number of H-pyrrole nitrogens is 1. The number of phenols is 1. The molecule has 0 saturated carbocycles. The number of thiazole rings is 1. The number of fused-ring (bicyclic) bond motifs is 1. The smallest absolute Gasteiger partial charge is 0.305 e. The van der Waals surface area contributed by atoms with Crippen LogP contribution in [-0.2, 0) is 10.8 Å². The summed E-state index contributed by atoms with van der Waals surface area (Å²) in [5.74, 6) is 0.191. The van der Waals surface area contributed by atoms with Gasteiger partial charge in [0.1, 0.15) is 5.75 Å². The van der Waals surface area contributed by atoms with Crippen molar-refractivity contribution in [2.75, 3.05) is 0 Å². The highest BCUT2D eigenvalue weighted by Crippen LogP contribution is 2.40. The molecule has 0 amide bonds. The number of aromatic nitrogens is 1. The first-order chi connectivity index (χ1) is 13.4. The van der Waals surface area contributed by atoms with Gasteiger partial charge < -0.3 is 10.1 Å². The van der Waals surface area contributed by atoms with Crippen LogP contribution in [-0.4, -0.2) is 15.9 Å². The lowest BCUT2D eigenvalue weighted by Crippen LogP contribution is -2.17. The maximum absolute atomic E-state index is 12.7. The molecule has 0 aliphatic heterocycles. The van der Waals surface area contributed by atoms with Crippen molar-refractivity contribution in [2.45, 2.75) is 52.4 Å². The molecule has 0 unspecified atom stereocenters. The number of nitrogens with one attached hydrogen (secondary N) is 1. The second-order valence-electron chi connectivity index (χ2n) is 9.39. The summed E-state index contributed by atoms with van der Waals surface area (Å²) in [5, 5.41) is 10.8. The summed E-state index contributed by atoms with van der Waals surface area (Å²) in [7, 11) is 0. The number of ketones is 1. The van der Waals surface area contributed by atoms with Gasteiger partial charge in [0.2, 0.25) is 0 Å². The SMILES string of the molecule is CC(C)(C)c1cc(C=CC(=O)c2ccc3[nH]c(=O)sc3c2)cc(C(C)(C)C)c1O. The van der Waals surface area contributed by atoms with E-state index in [0.29, 0.717) is 11.3 Å². The standard InChI is InChI=1S/C24H27NO3S/c1-23(2,3)16-11-14(12-17(21(16)27)24(4,5)6)7-10-19(26)15-8-9-18-20(13-15)29-22(28)25-18/h7-13,27H,1-6H3,(H,25,28). The van der Waals surface area contributed by atoms with Crippen molar-refractivity contribution < 1.29 is 9.90 Å². The Labute approximate surface area is 174 Å². The van der Waals surface area contributed by atoms with Gasteiger partial charge in [-0.1, -0.05) is 59.0 Å². The largest absolute Gasteiger partial charge is 0.507 e. The van der Waals surface area contributed by atoms with Gasteiger partial charge >= 0.3 is 4.87 Å². The van der Waals surface area contributed by atoms with E-state index in [1.54, 1.807) is 30.4 Å². The predicted molar refractivity (Wildman–Crippen MR) is 121 cm³/mol. The van der Waals surface area contributed by atoms with Crippen LogP contribution in [0.25, 0.3) is 16.3 Å². The van der Waals surface area contributed by atoms with Crippen LogP contribution in [0.5, 0.6) is 5.75 Å². The van der Waals surface area contributed by atoms with Crippen LogP contribution in [0.1, 0.15) is 68.6 Å². The number of allylic oxidation sites excluding steroid dienone is 1. The van der Waals surface area contributed by atoms with E-state index >= 15 is 0 Å². The molecule has 0 aliphatic rings. The van der Waals surface area contributed by atoms with Gasteiger partial charge in [-0.25, -0.2) is 0 Å². The third-order valence-electron chi connectivity index (χ3n) is 4.88. The number of rotatable bonds is 3. The minimum Gasteiger partial charge on any atom is -0.507 e. The Balaban J connectivity index is 2.00. The highest BCUT2D eigenvalue weighted by molar-refractivity contribution is 7.16. The first kappa shape index (κ1) is 21.1. The van der Waals surface area contributed by atoms with Gasteiger partial charge in [0, 0.05) is 16.7 Å². The minimum atomic E-state index is -0.227. The van der Waals surface area contributed by atoms with Crippen LogP contribution >= 0.6 is 11.3 Å². The fraction of sp³-hybridized carbons (Fsp3) is 0.333. The lowest BCUT2D eigenvalue weighted by Gasteiger charge is -2.27. The molecule has 0 aliphatic carbocycles. The van der Waals surface area contributed by atoms with Gasteiger partial charge in [-0.2, -0.15) is 0 Å². The lowest BCUT2D eigenvalue weighted by atomic mass is 9.78. The molecule has 1 heterocycles. The number of carbonyl (C=O) groups is 1. The quantitative estimate of drug-likeness (QED) is 0.425. The molecule has 29 heavy (non-hydrogen) atoms. The van der Waals surface area contributed by atoms with Crippen molar-refractivity contribution in [3.05, 3.63) is 68.3 Å². The van der Waals surface area contributed by atoms with E-state index in [2.05, 4.69) is 46.5 Å². The lowest BCUT2D eigenvalue weighted by molar-refractivity contribution is 0.104. The van der Waals surface area contributed by atoms with E-state index < -0.39 is 0 Å². The topological polar surface area (TPSA) is 70.2 Å². The summed E-state index contributed by atoms with van der Waals surface area (Å²) in [4.78, 5) is 26.8. The average Bonchev–Trinajstić information content (AvgIpc) is 2.97. The maximum Gasteiger partial charge on any atom is 0.305 e. The molecule has 152 valence electrons. The zero-order valence-electron chi connectivity index (χ0n) is 17.7. The molecule has 1 aromatic heterocycles. The molecule has 0 fully saturated rings. The summed E-state index contributed by atoms with van der Waals surface area (Å²) in [6.45, 7) is 12.4. The fourth-order valence-corrected chi connectivity index (χ4v) is 4.04. The molecule has 3 rings (SSSR count). The van der Waals surface area contributed by atoms with Crippen LogP contribution in [0, 0.1) is 0 Å². The van der Waals surface area contributed by atoms with Gasteiger partial charge in [0.25, 0.3) is 0 Å². The van der Waals surface area contributed by atoms with Crippen molar-refractivity contribution in [1.29, 1.82) is 0 Å². The summed E-state index contributed by atoms with van der Waals surface area (Å²) >= 11 is 1.09. The Bertz CT molecular complexity index is 1130. The number of benzene rings is 2. The number of aromatic hydroxyl groups is 1. The normalized spacial score (nSPS) is 12.8. The average molecular weight is 410 g/mol. The van der Waals surface area contributed by atoms with Gasteiger partial charge in [-0.15, -0.1) is 0 Å². The first-order valence-corrected chi connectivity index (χ1v) is 10.4. The Hall–Kier alpha value is -2.66. The van der Waals surface area contributed by atoms with E-state index in [1.807, 2.05) is 12.1 Å². The molecule has 5 heteroatoms. The zero-order chi connectivity index (χ0) is 21.6. The van der Waals surface area contributed by atoms with E-state index in [9.17, 15) is 14.7 Å². The maximum atomic E-state index is 12.7. The Morgan fingerprint density at radius 3 is 2.14 bits per heavy atom. The first-order valence-electron chi connectivity index (χ1n) is 9.59. The van der Waals surface area contributed by atoms with E-state index in [0.717, 1.165) is 38.2 Å². The molecule has 0 saturated heterocycles. The van der Waals surface area contributed by atoms with Crippen LogP contribution in [0.15, 0.2) is 41.2 Å². The van der Waals surface area contributed by atoms with Crippen LogP contribution < -0.4 is 4.87 Å². The summed E-state index contributed by atoms with van der Waals surface area (Å²) in [6, 6.07) is 9.09. The molecule has 0 spiro atoms. The second-order valence-corrected chi connectivity index (χ2v) is 10.4. The zero-order valence-corrected chi connectivity index (χ0v) is 18.5. The summed E-state index contributed by atoms with van der Waals surface area (Å²) < 4.78 is 0.768. The van der Waals surface area contributed by atoms with Crippen molar-refractivity contribution in [1.82, 2.24) is 4.98 Å². The molecule has 0 bridgehead atoms. The van der Waals surface area contributed by atoms with Crippen molar-refractivity contribution >= 4 is 33.4 Å². The Morgan fingerprint density at radius 1 is 1.00 bits per heavy atom. The number of carbonyl (C=O) groups excluding carboxylic acids is 1. The number of hydrogen-bond acceptors (Lipinski definition) is 4. The Kier molecular flexibility index (Phi) is 5.30. The number of aromatic amines is 1. The third-order valence-corrected chi connectivity index (χ3v) is 5.73. The van der Waals surface area contributed by atoms with E-state index in [-0.39, 0.29) is 21.5 Å². The number of hydrogen-bond donors (Lipinski definition) is 2. The molecule has 2 aromatic carbocycles. The molecule has 4 nitrogen and oxygen atoms in total. The summed E-state index contributed by atoms with van der Waals surface area (Å²) in [5.41, 5.74) is 3.41. The van der Waals surface area contributed by atoms with Crippen molar-refractivity contribution in [3.63, 3.8) is 0 Å². The van der Waals surface area contributed by atoms with Gasteiger partial charge in [0.05, 0.1) is 10.2 Å². The Morgan fingerprint density at radius 2 is 1.59 bits per heavy atom. The molecule has 0 radical (unpaired) electrons.